The summed E-state index contributed by atoms with van der Waals surface area (Å²) in [7, 11) is 1.72. The van der Waals surface area contributed by atoms with Crippen LogP contribution in [0, 0.1) is 0 Å². The molecule has 1 aliphatic rings. The maximum absolute atomic E-state index is 5.73. The van der Waals surface area contributed by atoms with Crippen molar-refractivity contribution >= 4 is 23.0 Å². The molecule has 4 rings (SSSR count). The molecule has 1 aromatic carbocycles. The fraction of sp³-hybridized carbons (Fsp3) is 0.238. The molecule has 0 amide bonds. The van der Waals surface area contributed by atoms with Gasteiger partial charge in [0.2, 0.25) is 0 Å². The zero-order chi connectivity index (χ0) is 18.6. The third-order valence-corrected chi connectivity index (χ3v) is 5.15. The van der Waals surface area contributed by atoms with E-state index in [0.29, 0.717) is 11.7 Å². The predicted octanol–water partition coefficient (Wildman–Crippen LogP) is 3.71. The van der Waals surface area contributed by atoms with Crippen LogP contribution in [0.25, 0.3) is 0 Å². The van der Waals surface area contributed by atoms with Gasteiger partial charge in [-0.05, 0) is 48.6 Å². The number of ether oxygens (including phenoxy) is 1. The van der Waals surface area contributed by atoms with E-state index >= 15 is 0 Å². The summed E-state index contributed by atoms with van der Waals surface area (Å²) in [6.45, 7) is 1.45. The molecule has 5 nitrogen and oxygen atoms in total. The minimum absolute atomic E-state index is 0.00153. The van der Waals surface area contributed by atoms with Crippen molar-refractivity contribution in [3.63, 3.8) is 0 Å². The average Bonchev–Trinajstić information content (AvgIpc) is 3.31. The number of benzene rings is 1. The zero-order valence-corrected chi connectivity index (χ0v) is 16.0. The van der Waals surface area contributed by atoms with E-state index in [1.54, 1.807) is 7.11 Å². The van der Waals surface area contributed by atoms with Gasteiger partial charge in [-0.25, -0.2) is 0 Å². The van der Waals surface area contributed by atoms with Crippen LogP contribution in [0.15, 0.2) is 73.1 Å². The van der Waals surface area contributed by atoms with Gasteiger partial charge in [0, 0.05) is 37.4 Å². The van der Waals surface area contributed by atoms with Gasteiger partial charge in [0.1, 0.15) is 6.04 Å². The Kier molecular flexibility index (Phi) is 5.18. The van der Waals surface area contributed by atoms with E-state index in [1.807, 2.05) is 42.6 Å². The molecule has 6 heteroatoms. The first-order valence-corrected chi connectivity index (χ1v) is 9.40. The van der Waals surface area contributed by atoms with E-state index in [0.717, 1.165) is 17.9 Å². The lowest BCUT2D eigenvalue weighted by Crippen LogP contribution is -2.30. The second kappa shape index (κ2) is 7.90. The Morgan fingerprint density at radius 3 is 2.63 bits per heavy atom. The molecule has 27 heavy (non-hydrogen) atoms. The van der Waals surface area contributed by atoms with Crippen LogP contribution in [0.5, 0.6) is 0 Å². The first kappa shape index (κ1) is 17.7. The number of aromatic nitrogens is 2. The summed E-state index contributed by atoms with van der Waals surface area (Å²) < 4.78 is 7.52. The van der Waals surface area contributed by atoms with Gasteiger partial charge in [-0.15, -0.1) is 0 Å². The zero-order valence-electron chi connectivity index (χ0n) is 15.2. The molecule has 0 bridgehead atoms. The molecule has 138 valence electrons. The lowest BCUT2D eigenvalue weighted by atomic mass is 10.0. The van der Waals surface area contributed by atoms with Gasteiger partial charge in [-0.3, -0.25) is 4.98 Å². The van der Waals surface area contributed by atoms with Crippen molar-refractivity contribution in [1.82, 2.24) is 14.9 Å². The first-order valence-electron chi connectivity index (χ1n) is 8.99. The topological polar surface area (TPSA) is 42.3 Å². The molecule has 1 aliphatic heterocycles. The molecule has 2 aromatic heterocycles. The molecule has 1 saturated heterocycles. The van der Waals surface area contributed by atoms with Gasteiger partial charge in [0.15, 0.2) is 5.11 Å². The maximum Gasteiger partial charge on any atom is 0.174 e. The Morgan fingerprint density at radius 1 is 1.07 bits per heavy atom. The number of rotatable bonds is 6. The van der Waals surface area contributed by atoms with Crippen LogP contribution in [0.1, 0.15) is 23.5 Å². The number of hydrogen-bond donors (Lipinski definition) is 1. The molecule has 3 heterocycles. The summed E-state index contributed by atoms with van der Waals surface area (Å²) in [5.41, 5.74) is 3.22. The number of methoxy groups -OCH3 is 1. The molecular formula is C21H22N4OS. The SMILES string of the molecule is COCCn1cccc1C1C(c2ccccn2)NC(=S)N1c1ccccc1. The number of hydrogen-bond acceptors (Lipinski definition) is 3. The standard InChI is InChI=1S/C21H22N4OS/c1-26-15-14-24-13-7-11-18(24)20-19(17-10-5-6-12-22-17)23-21(27)25(20)16-8-3-2-4-9-16/h2-13,19-20H,14-15H2,1H3,(H,23,27). The number of pyridine rings is 1. The van der Waals surface area contributed by atoms with Crippen LogP contribution in [0.4, 0.5) is 5.69 Å². The van der Waals surface area contributed by atoms with Crippen molar-refractivity contribution in [2.24, 2.45) is 0 Å². The van der Waals surface area contributed by atoms with Crippen LogP contribution in [-0.4, -0.2) is 28.4 Å². The third kappa shape index (κ3) is 3.46. The normalized spacial score (nSPS) is 19.3. The van der Waals surface area contributed by atoms with Crippen LogP contribution in [0.3, 0.4) is 0 Å². The van der Waals surface area contributed by atoms with Crippen molar-refractivity contribution in [2.75, 3.05) is 18.6 Å². The van der Waals surface area contributed by atoms with Crippen molar-refractivity contribution in [1.29, 1.82) is 0 Å². The highest BCUT2D eigenvalue weighted by Crippen LogP contribution is 2.41. The summed E-state index contributed by atoms with van der Waals surface area (Å²) in [4.78, 5) is 6.78. The number of anilines is 1. The van der Waals surface area contributed by atoms with Crippen molar-refractivity contribution < 1.29 is 4.74 Å². The van der Waals surface area contributed by atoms with E-state index in [9.17, 15) is 0 Å². The quantitative estimate of drug-likeness (QED) is 0.663. The first-order chi connectivity index (χ1) is 13.3. The third-order valence-electron chi connectivity index (χ3n) is 4.84. The maximum atomic E-state index is 5.73. The summed E-state index contributed by atoms with van der Waals surface area (Å²) in [5, 5.41) is 4.20. The highest BCUT2D eigenvalue weighted by atomic mass is 32.1. The fourth-order valence-electron chi connectivity index (χ4n) is 3.61. The van der Waals surface area contributed by atoms with Crippen molar-refractivity contribution in [3.05, 3.63) is 84.4 Å². The molecule has 2 atom stereocenters. The fourth-order valence-corrected chi connectivity index (χ4v) is 3.96. The summed E-state index contributed by atoms with van der Waals surface area (Å²) in [6.07, 6.45) is 3.92. The molecule has 0 radical (unpaired) electrons. The molecule has 1 N–H and O–H groups in total. The van der Waals surface area contributed by atoms with E-state index in [2.05, 4.69) is 50.2 Å². The number of thiocarbonyl (C=S) groups is 1. The molecule has 3 aromatic rings. The highest BCUT2D eigenvalue weighted by molar-refractivity contribution is 7.80. The van der Waals surface area contributed by atoms with Crippen molar-refractivity contribution in [3.8, 4) is 0 Å². The summed E-state index contributed by atoms with van der Waals surface area (Å²) >= 11 is 5.73. The monoisotopic (exact) mass is 378 g/mol. The van der Waals surface area contributed by atoms with Crippen LogP contribution < -0.4 is 10.2 Å². The summed E-state index contributed by atoms with van der Waals surface area (Å²) in [5.74, 6) is 0. The van der Waals surface area contributed by atoms with Gasteiger partial charge in [0.05, 0.1) is 18.3 Å². The minimum Gasteiger partial charge on any atom is -0.383 e. The number of nitrogens with zero attached hydrogens (tertiary/aromatic N) is 3. The predicted molar refractivity (Wildman–Crippen MR) is 111 cm³/mol. The average molecular weight is 379 g/mol. The van der Waals surface area contributed by atoms with Gasteiger partial charge >= 0.3 is 0 Å². The largest absolute Gasteiger partial charge is 0.383 e. The lowest BCUT2D eigenvalue weighted by Gasteiger charge is -2.29. The molecule has 0 saturated carbocycles. The smallest absolute Gasteiger partial charge is 0.174 e. The Balaban J connectivity index is 1.80. The molecule has 0 spiro atoms. The second-order valence-electron chi connectivity index (χ2n) is 6.45. The van der Waals surface area contributed by atoms with Crippen LogP contribution in [-0.2, 0) is 11.3 Å². The molecule has 0 aliphatic carbocycles. The van der Waals surface area contributed by atoms with E-state index < -0.39 is 0 Å². The molecule has 2 unspecified atom stereocenters. The summed E-state index contributed by atoms with van der Waals surface area (Å²) in [6, 6.07) is 20.5. The van der Waals surface area contributed by atoms with Crippen LogP contribution >= 0.6 is 12.2 Å². The van der Waals surface area contributed by atoms with Gasteiger partial charge in [-0.1, -0.05) is 24.3 Å². The Hall–Kier alpha value is -2.70. The van der Waals surface area contributed by atoms with Gasteiger partial charge < -0.3 is 19.5 Å². The Labute approximate surface area is 164 Å². The molecular weight excluding hydrogens is 356 g/mol. The van der Waals surface area contributed by atoms with Gasteiger partial charge in [0.25, 0.3) is 0 Å². The Morgan fingerprint density at radius 2 is 1.89 bits per heavy atom. The van der Waals surface area contributed by atoms with Crippen molar-refractivity contribution in [2.45, 2.75) is 18.6 Å². The van der Waals surface area contributed by atoms with E-state index in [-0.39, 0.29) is 12.1 Å². The van der Waals surface area contributed by atoms with Crippen LogP contribution in [0.2, 0.25) is 0 Å². The van der Waals surface area contributed by atoms with Gasteiger partial charge in [-0.2, -0.15) is 0 Å². The Bertz CT molecular complexity index is 897. The van der Waals surface area contributed by atoms with E-state index in [4.69, 9.17) is 17.0 Å². The number of nitrogens with one attached hydrogen (secondary N) is 1. The lowest BCUT2D eigenvalue weighted by molar-refractivity contribution is 0.186. The molecule has 1 fully saturated rings. The van der Waals surface area contributed by atoms with E-state index in [1.165, 1.54) is 5.69 Å². The second-order valence-corrected chi connectivity index (χ2v) is 6.84. The minimum atomic E-state index is -0.0323. The number of para-hydroxylation sites is 1. The highest BCUT2D eigenvalue weighted by Gasteiger charge is 2.41.